The number of benzene rings is 1. The maximum absolute atomic E-state index is 3.45. The van der Waals surface area contributed by atoms with Crippen LogP contribution >= 0.6 is 15.9 Å². The molecule has 0 aliphatic carbocycles. The van der Waals surface area contributed by atoms with Crippen molar-refractivity contribution >= 4 is 15.9 Å². The molecule has 0 radical (unpaired) electrons. The fourth-order valence-electron chi connectivity index (χ4n) is 1.58. The van der Waals surface area contributed by atoms with Gasteiger partial charge in [-0.3, -0.25) is 0 Å². The molecule has 2 rings (SSSR count). The zero-order valence-corrected chi connectivity index (χ0v) is 10.9. The van der Waals surface area contributed by atoms with Gasteiger partial charge in [0, 0.05) is 23.0 Å². The molecule has 0 saturated carbocycles. The van der Waals surface area contributed by atoms with Crippen LogP contribution in [0.3, 0.4) is 0 Å². The van der Waals surface area contributed by atoms with E-state index in [1.165, 1.54) is 16.7 Å². The molecule has 0 aliphatic rings. The average Bonchev–Trinajstić information content (AvgIpc) is 2.33. The van der Waals surface area contributed by atoms with Crippen molar-refractivity contribution in [2.24, 2.45) is 0 Å². The largest absolute Gasteiger partial charge is 0.201 e. The molecular formula is C14H15BrN+. The van der Waals surface area contributed by atoms with E-state index in [9.17, 15) is 0 Å². The van der Waals surface area contributed by atoms with Crippen LogP contribution in [-0.2, 0) is 11.9 Å². The summed E-state index contributed by atoms with van der Waals surface area (Å²) in [5.74, 6) is 0. The van der Waals surface area contributed by atoms with Crippen molar-refractivity contribution in [2.75, 3.05) is 0 Å². The van der Waals surface area contributed by atoms with Gasteiger partial charge in [0.05, 0.1) is 0 Å². The molecule has 1 heterocycles. The van der Waals surface area contributed by atoms with Crippen LogP contribution in [0.5, 0.6) is 0 Å². The number of halogens is 1. The Morgan fingerprint density at radius 2 is 1.50 bits per heavy atom. The first kappa shape index (κ1) is 11.3. The second-order valence-electron chi connectivity index (χ2n) is 4.00. The van der Waals surface area contributed by atoms with Crippen LogP contribution in [0.1, 0.15) is 16.7 Å². The van der Waals surface area contributed by atoms with Crippen molar-refractivity contribution in [3.05, 3.63) is 65.5 Å². The third-order valence-corrected chi connectivity index (χ3v) is 3.25. The van der Waals surface area contributed by atoms with Gasteiger partial charge in [-0.2, -0.15) is 0 Å². The van der Waals surface area contributed by atoms with Crippen LogP contribution in [0.25, 0.3) is 0 Å². The van der Waals surface area contributed by atoms with E-state index in [1.54, 1.807) is 0 Å². The minimum Gasteiger partial charge on any atom is -0.201 e. The lowest BCUT2D eigenvalue weighted by molar-refractivity contribution is -0.688. The molecule has 2 heteroatoms. The maximum Gasteiger partial charge on any atom is 0.173 e. The molecule has 2 aromatic rings. The summed E-state index contributed by atoms with van der Waals surface area (Å²) in [5.41, 5.74) is 3.95. The minimum atomic E-state index is 0.922. The molecule has 1 aromatic heterocycles. The Hall–Kier alpha value is -1.15. The fourth-order valence-corrected chi connectivity index (χ4v) is 1.96. The number of rotatable bonds is 3. The van der Waals surface area contributed by atoms with Gasteiger partial charge in [0.15, 0.2) is 18.9 Å². The van der Waals surface area contributed by atoms with Crippen molar-refractivity contribution in [3.8, 4) is 0 Å². The van der Waals surface area contributed by atoms with Crippen molar-refractivity contribution in [1.29, 1.82) is 0 Å². The molecule has 0 bridgehead atoms. The first-order valence-corrected chi connectivity index (χ1v) is 6.49. The Morgan fingerprint density at radius 3 is 2.06 bits per heavy atom. The van der Waals surface area contributed by atoms with Crippen LogP contribution < -0.4 is 4.57 Å². The lowest BCUT2D eigenvalue weighted by Gasteiger charge is -2.00. The summed E-state index contributed by atoms with van der Waals surface area (Å²) < 4.78 is 2.19. The Bertz CT molecular complexity index is 445. The first-order chi connectivity index (χ1) is 7.78. The predicted molar refractivity (Wildman–Crippen MR) is 69.5 cm³/mol. The molecule has 0 N–H and O–H groups in total. The topological polar surface area (TPSA) is 3.88 Å². The molecule has 0 spiro atoms. The van der Waals surface area contributed by atoms with Gasteiger partial charge in [0.25, 0.3) is 0 Å². The van der Waals surface area contributed by atoms with Crippen molar-refractivity contribution in [3.63, 3.8) is 0 Å². The van der Waals surface area contributed by atoms with Gasteiger partial charge in [-0.05, 0) is 18.1 Å². The smallest absolute Gasteiger partial charge is 0.173 e. The first-order valence-electron chi connectivity index (χ1n) is 5.37. The van der Waals surface area contributed by atoms with E-state index < -0.39 is 0 Å². The Balaban J connectivity index is 2.11. The van der Waals surface area contributed by atoms with E-state index in [0.717, 1.165) is 11.9 Å². The Kier molecular flexibility index (Phi) is 3.73. The second-order valence-corrected chi connectivity index (χ2v) is 4.56. The quantitative estimate of drug-likeness (QED) is 0.599. The fraction of sp³-hybridized carbons (Fsp3) is 0.214. The molecule has 0 atom stereocenters. The monoisotopic (exact) mass is 276 g/mol. The second kappa shape index (κ2) is 5.26. The van der Waals surface area contributed by atoms with Crippen LogP contribution in [0.2, 0.25) is 0 Å². The summed E-state index contributed by atoms with van der Waals surface area (Å²) in [5, 5.41) is 0.922. The number of aryl methyl sites for hydroxylation is 1. The van der Waals surface area contributed by atoms with Crippen molar-refractivity contribution in [2.45, 2.75) is 18.8 Å². The summed E-state index contributed by atoms with van der Waals surface area (Å²) in [7, 11) is 0. The molecule has 0 saturated heterocycles. The van der Waals surface area contributed by atoms with E-state index in [1.807, 2.05) is 0 Å². The summed E-state index contributed by atoms with van der Waals surface area (Å²) in [6, 6.07) is 13.0. The lowest BCUT2D eigenvalue weighted by atomic mass is 10.1. The summed E-state index contributed by atoms with van der Waals surface area (Å²) in [6.07, 6.45) is 4.24. The lowest BCUT2D eigenvalue weighted by Crippen LogP contribution is -2.33. The highest BCUT2D eigenvalue weighted by Gasteiger charge is 2.01. The molecule has 16 heavy (non-hydrogen) atoms. The Morgan fingerprint density at radius 1 is 0.938 bits per heavy atom. The Labute approximate surface area is 105 Å². The highest BCUT2D eigenvalue weighted by molar-refractivity contribution is 9.08. The number of aromatic nitrogens is 1. The molecular weight excluding hydrogens is 262 g/mol. The molecule has 0 fully saturated rings. The maximum atomic E-state index is 3.45. The molecule has 0 aliphatic heterocycles. The summed E-state index contributed by atoms with van der Waals surface area (Å²) >= 11 is 3.45. The van der Waals surface area contributed by atoms with Gasteiger partial charge in [0.1, 0.15) is 0 Å². The van der Waals surface area contributed by atoms with Gasteiger partial charge in [-0.25, -0.2) is 4.57 Å². The van der Waals surface area contributed by atoms with Crippen LogP contribution in [0.15, 0.2) is 48.8 Å². The van der Waals surface area contributed by atoms with Gasteiger partial charge in [-0.15, -0.1) is 0 Å². The van der Waals surface area contributed by atoms with E-state index in [2.05, 4.69) is 76.2 Å². The standard InChI is InChI=1S/C14H15BrN/c1-12-6-8-16(9-7-12)11-14-4-2-13(10-15)3-5-14/h2-9H,10-11H2,1H3/q+1. The van der Waals surface area contributed by atoms with Gasteiger partial charge in [0.2, 0.25) is 0 Å². The number of hydrogen-bond donors (Lipinski definition) is 0. The SMILES string of the molecule is Cc1cc[n+](Cc2ccc(CBr)cc2)cc1. The van der Waals surface area contributed by atoms with Crippen LogP contribution in [0, 0.1) is 6.92 Å². The minimum absolute atomic E-state index is 0.922. The number of hydrogen-bond acceptors (Lipinski definition) is 0. The summed E-state index contributed by atoms with van der Waals surface area (Å²) in [4.78, 5) is 0. The van der Waals surface area contributed by atoms with E-state index >= 15 is 0 Å². The van der Waals surface area contributed by atoms with Crippen LogP contribution in [-0.4, -0.2) is 0 Å². The molecule has 82 valence electrons. The van der Waals surface area contributed by atoms with E-state index in [-0.39, 0.29) is 0 Å². The van der Waals surface area contributed by atoms with E-state index in [0.29, 0.717) is 0 Å². The number of pyridine rings is 1. The van der Waals surface area contributed by atoms with Crippen molar-refractivity contribution < 1.29 is 4.57 Å². The predicted octanol–water partition coefficient (Wildman–Crippen LogP) is 3.23. The van der Waals surface area contributed by atoms with Crippen molar-refractivity contribution in [1.82, 2.24) is 0 Å². The highest BCUT2D eigenvalue weighted by Crippen LogP contribution is 2.07. The van der Waals surface area contributed by atoms with Gasteiger partial charge in [-0.1, -0.05) is 40.2 Å². The van der Waals surface area contributed by atoms with Gasteiger partial charge < -0.3 is 0 Å². The van der Waals surface area contributed by atoms with E-state index in [4.69, 9.17) is 0 Å². The van der Waals surface area contributed by atoms with Gasteiger partial charge >= 0.3 is 0 Å². The third-order valence-electron chi connectivity index (χ3n) is 2.60. The molecule has 0 unspecified atom stereocenters. The third kappa shape index (κ3) is 2.92. The molecule has 1 nitrogen and oxygen atoms in total. The number of alkyl halides is 1. The molecule has 0 amide bonds. The molecule has 1 aromatic carbocycles. The van der Waals surface area contributed by atoms with Crippen LogP contribution in [0.4, 0.5) is 0 Å². The zero-order chi connectivity index (χ0) is 11.4. The zero-order valence-electron chi connectivity index (χ0n) is 9.36. The number of nitrogens with zero attached hydrogens (tertiary/aromatic N) is 1. The average molecular weight is 277 g/mol. The summed E-state index contributed by atoms with van der Waals surface area (Å²) in [6.45, 7) is 3.04. The highest BCUT2D eigenvalue weighted by atomic mass is 79.9. The normalized spacial score (nSPS) is 10.4.